The van der Waals surface area contributed by atoms with Gasteiger partial charge in [0, 0.05) is 5.30 Å². The fourth-order valence-electron chi connectivity index (χ4n) is 3.03. The van der Waals surface area contributed by atoms with Crippen molar-refractivity contribution < 1.29 is 19.5 Å². The molecule has 3 heterocycles. The number of aliphatic hydroxyl groups excluding tert-OH is 2. The molecule has 12 heteroatoms. The van der Waals surface area contributed by atoms with E-state index in [2.05, 4.69) is 15.0 Å². The van der Waals surface area contributed by atoms with Gasteiger partial charge in [0.05, 0.1) is 12.9 Å². The first kappa shape index (κ1) is 18.9. The van der Waals surface area contributed by atoms with Crippen LogP contribution in [0.2, 0.25) is 0 Å². The van der Waals surface area contributed by atoms with E-state index in [0.717, 1.165) is 5.30 Å². The Labute approximate surface area is 159 Å². The minimum absolute atomic E-state index is 0.0192. The highest BCUT2D eigenvalue weighted by atomic mass is 31.2. The van der Waals surface area contributed by atoms with Gasteiger partial charge in [-0.15, -0.1) is 0 Å². The van der Waals surface area contributed by atoms with Crippen LogP contribution in [0.1, 0.15) is 6.23 Å². The molecule has 3 aromatic rings. The minimum Gasteiger partial charge on any atom is -0.387 e. The predicted octanol–water partition coefficient (Wildman–Crippen LogP) is -1.07. The summed E-state index contributed by atoms with van der Waals surface area (Å²) < 4.78 is 12.8. The number of H-pyrrole nitrogens is 1. The Morgan fingerprint density at radius 3 is 2.79 bits per heavy atom. The first-order valence-electron chi connectivity index (χ1n) is 8.42. The fourth-order valence-corrected chi connectivity index (χ4v) is 3.95. The summed E-state index contributed by atoms with van der Waals surface area (Å²) in [4.78, 5) is 22.3. The number of imidazole rings is 1. The smallest absolute Gasteiger partial charge is 0.280 e. The van der Waals surface area contributed by atoms with Crippen LogP contribution in [0.4, 0.5) is 5.95 Å². The molecule has 11 nitrogen and oxygen atoms in total. The van der Waals surface area contributed by atoms with Crippen molar-refractivity contribution in [2.45, 2.75) is 24.5 Å². The summed E-state index contributed by atoms with van der Waals surface area (Å²) in [6, 6.07) is 9.28. The van der Waals surface area contributed by atoms with Gasteiger partial charge in [0.15, 0.2) is 17.4 Å². The van der Waals surface area contributed by atoms with Gasteiger partial charge in [-0.3, -0.25) is 19.8 Å². The Balaban J connectivity index is 1.51. The molecule has 0 amide bonds. The lowest BCUT2D eigenvalue weighted by atomic mass is 10.1. The number of fused-ring (bicyclic) bond motifs is 1. The van der Waals surface area contributed by atoms with Crippen LogP contribution in [0.25, 0.3) is 11.2 Å². The normalized spacial score (nSPS) is 26.0. The molecule has 1 saturated heterocycles. The third kappa shape index (κ3) is 3.39. The maximum atomic E-state index is 11.9. The molecule has 148 valence electrons. The number of hydrogen-bond acceptors (Lipinski definition) is 9. The zero-order chi connectivity index (χ0) is 19.8. The highest BCUT2D eigenvalue weighted by Gasteiger charge is 2.44. The van der Waals surface area contributed by atoms with Crippen molar-refractivity contribution in [3.05, 3.63) is 47.0 Å². The van der Waals surface area contributed by atoms with Gasteiger partial charge < -0.3 is 25.2 Å². The number of nitrogen functional groups attached to an aromatic ring is 1. The highest BCUT2D eigenvalue weighted by Crippen LogP contribution is 2.34. The summed E-state index contributed by atoms with van der Waals surface area (Å²) in [6.07, 6.45) is -3.04. The van der Waals surface area contributed by atoms with Gasteiger partial charge in [0.25, 0.3) is 5.56 Å². The maximum absolute atomic E-state index is 11.9. The van der Waals surface area contributed by atoms with Crippen LogP contribution >= 0.6 is 8.30 Å². The van der Waals surface area contributed by atoms with Gasteiger partial charge >= 0.3 is 0 Å². The summed E-state index contributed by atoms with van der Waals surface area (Å²) in [7, 11) is -1.39. The second-order valence-electron chi connectivity index (χ2n) is 6.28. The van der Waals surface area contributed by atoms with E-state index in [4.69, 9.17) is 20.5 Å². The van der Waals surface area contributed by atoms with Crippen LogP contribution in [0.3, 0.4) is 0 Å². The molecule has 5 atom stereocenters. The van der Waals surface area contributed by atoms with Crippen molar-refractivity contribution in [2.75, 3.05) is 12.3 Å². The molecule has 0 aliphatic carbocycles. The third-order valence-corrected chi connectivity index (χ3v) is 5.68. The number of rotatable bonds is 5. The van der Waals surface area contributed by atoms with Gasteiger partial charge in [0.1, 0.15) is 26.6 Å². The Morgan fingerprint density at radius 1 is 1.29 bits per heavy atom. The van der Waals surface area contributed by atoms with Gasteiger partial charge in [-0.2, -0.15) is 4.98 Å². The molecule has 1 unspecified atom stereocenters. The molecule has 2 aromatic heterocycles. The summed E-state index contributed by atoms with van der Waals surface area (Å²) in [5.41, 5.74) is 11.3. The van der Waals surface area contributed by atoms with E-state index in [9.17, 15) is 15.0 Å². The molecule has 1 aliphatic rings. The molecule has 0 saturated carbocycles. The molecule has 0 spiro atoms. The molecule has 1 fully saturated rings. The van der Waals surface area contributed by atoms with Crippen molar-refractivity contribution in [2.24, 2.45) is 5.50 Å². The number of aromatic amines is 1. The number of aromatic nitrogens is 4. The van der Waals surface area contributed by atoms with Gasteiger partial charge in [-0.25, -0.2) is 4.98 Å². The molecule has 0 bridgehead atoms. The number of nitrogens with two attached hydrogens (primary N) is 2. The molecular formula is C16H19N6O5P. The Hall–Kier alpha value is -2.40. The predicted molar refractivity (Wildman–Crippen MR) is 102 cm³/mol. The topological polar surface area (TPSA) is 175 Å². The third-order valence-electron chi connectivity index (χ3n) is 4.45. The highest BCUT2D eigenvalue weighted by molar-refractivity contribution is 7.58. The molecule has 7 N–H and O–H groups in total. The number of nitrogens with one attached hydrogen (secondary N) is 1. The average Bonchev–Trinajstić information content (AvgIpc) is 3.22. The molecule has 28 heavy (non-hydrogen) atoms. The quantitative estimate of drug-likeness (QED) is 0.331. The summed E-state index contributed by atoms with van der Waals surface area (Å²) >= 11 is 0. The van der Waals surface area contributed by atoms with E-state index in [1.165, 1.54) is 10.9 Å². The van der Waals surface area contributed by atoms with E-state index in [0.29, 0.717) is 0 Å². The van der Waals surface area contributed by atoms with Gasteiger partial charge in [0.2, 0.25) is 5.95 Å². The lowest BCUT2D eigenvalue weighted by Crippen LogP contribution is -2.34. The lowest BCUT2D eigenvalue weighted by molar-refractivity contribution is -0.0461. The Kier molecular flexibility index (Phi) is 5.11. The standard InChI is InChI=1S/C16H19N6O5P/c17-16-20-13-10(14(25)21-16)19-7-22(13)15-12(24)11(23)9(27-15)6-26-28(18)8-4-2-1-3-5-8/h1-5,7,9,11-12,15,23-24H,6,18H2,(H3,17,20,21,25)/t9-,11-,12-,15-,28?/m1/s1. The van der Waals surface area contributed by atoms with Crippen molar-refractivity contribution in [1.29, 1.82) is 0 Å². The first-order chi connectivity index (χ1) is 13.5. The SMILES string of the molecule is Nc1nc2c(ncn2[C@@H]2O[C@H](COP(N)c3ccccc3)[C@@H](O)[C@H]2O)c(=O)[nH]1. The van der Waals surface area contributed by atoms with Crippen molar-refractivity contribution in [3.63, 3.8) is 0 Å². The molecule has 0 radical (unpaired) electrons. The monoisotopic (exact) mass is 406 g/mol. The molecule has 1 aromatic carbocycles. The number of ether oxygens (including phenoxy) is 1. The van der Waals surface area contributed by atoms with E-state index < -0.39 is 38.4 Å². The van der Waals surface area contributed by atoms with Gasteiger partial charge in [-0.1, -0.05) is 30.3 Å². The average molecular weight is 406 g/mol. The van der Waals surface area contributed by atoms with Crippen LogP contribution in [0.5, 0.6) is 0 Å². The van der Waals surface area contributed by atoms with Gasteiger partial charge in [-0.05, 0) is 0 Å². The zero-order valence-electron chi connectivity index (χ0n) is 14.5. The van der Waals surface area contributed by atoms with Crippen molar-refractivity contribution in [1.82, 2.24) is 19.5 Å². The largest absolute Gasteiger partial charge is 0.387 e. The van der Waals surface area contributed by atoms with E-state index in [-0.39, 0.29) is 23.7 Å². The van der Waals surface area contributed by atoms with Crippen LogP contribution in [0.15, 0.2) is 41.5 Å². The molecule has 4 rings (SSSR count). The molecule has 1 aliphatic heterocycles. The number of nitrogens with zero attached hydrogens (tertiary/aromatic N) is 3. The number of benzene rings is 1. The summed E-state index contributed by atoms with van der Waals surface area (Å²) in [5.74, 6) is -0.0937. The van der Waals surface area contributed by atoms with Crippen molar-refractivity contribution >= 4 is 30.7 Å². The second-order valence-corrected chi connectivity index (χ2v) is 7.70. The van der Waals surface area contributed by atoms with E-state index in [1.54, 1.807) is 0 Å². The Morgan fingerprint density at radius 2 is 2.04 bits per heavy atom. The minimum atomic E-state index is -1.39. The maximum Gasteiger partial charge on any atom is 0.280 e. The fraction of sp³-hybridized carbons (Fsp3) is 0.312. The zero-order valence-corrected chi connectivity index (χ0v) is 15.4. The first-order valence-corrected chi connectivity index (χ1v) is 9.75. The van der Waals surface area contributed by atoms with Crippen LogP contribution in [-0.4, -0.2) is 54.7 Å². The number of anilines is 1. The summed E-state index contributed by atoms with van der Waals surface area (Å²) in [5, 5.41) is 21.6. The second kappa shape index (κ2) is 7.55. The van der Waals surface area contributed by atoms with Crippen LogP contribution < -0.4 is 22.1 Å². The number of aliphatic hydroxyl groups is 2. The number of hydrogen-bond donors (Lipinski definition) is 5. The van der Waals surface area contributed by atoms with E-state index >= 15 is 0 Å². The Bertz CT molecular complexity index is 1030. The van der Waals surface area contributed by atoms with Crippen LogP contribution in [-0.2, 0) is 9.26 Å². The van der Waals surface area contributed by atoms with Crippen molar-refractivity contribution in [3.8, 4) is 0 Å². The van der Waals surface area contributed by atoms with E-state index in [1.807, 2.05) is 30.3 Å². The molecular weight excluding hydrogens is 387 g/mol. The summed E-state index contributed by atoms with van der Waals surface area (Å²) in [6.45, 7) is -0.0192. The lowest BCUT2D eigenvalue weighted by Gasteiger charge is -2.18. The van der Waals surface area contributed by atoms with Crippen LogP contribution in [0, 0.1) is 0 Å².